The molecule has 0 radical (unpaired) electrons. The monoisotopic (exact) mass is 367 g/mol. The molecule has 0 spiro atoms. The van der Waals surface area contributed by atoms with Crippen molar-refractivity contribution in [1.82, 2.24) is 14.7 Å². The number of nitrogens with zero attached hydrogens (tertiary/aromatic N) is 3. The fourth-order valence-corrected chi connectivity index (χ4v) is 4.31. The summed E-state index contributed by atoms with van der Waals surface area (Å²) >= 11 is 0. The standard InChI is InChI=1S/C22H29N3O2/c1-22(21(26)24-14-12-23(2)13-15-24)10-11-25(22)16-17-8-9-20(27-3)19-7-5-4-6-18(17)19/h4-9H,10-16H2,1-3H3. The minimum Gasteiger partial charge on any atom is -0.496 e. The van der Waals surface area contributed by atoms with E-state index in [4.69, 9.17) is 4.74 Å². The first kappa shape index (κ1) is 18.3. The van der Waals surface area contributed by atoms with Gasteiger partial charge in [-0.15, -0.1) is 0 Å². The van der Waals surface area contributed by atoms with Gasteiger partial charge in [-0.05, 0) is 37.4 Å². The first-order valence-electron chi connectivity index (χ1n) is 9.80. The number of carbonyl (C=O) groups is 1. The fourth-order valence-electron chi connectivity index (χ4n) is 4.31. The Bertz CT molecular complexity index is 845. The largest absolute Gasteiger partial charge is 0.496 e. The van der Waals surface area contributed by atoms with Gasteiger partial charge in [0.05, 0.1) is 12.6 Å². The molecule has 4 rings (SSSR count). The van der Waals surface area contributed by atoms with Crippen molar-refractivity contribution in [1.29, 1.82) is 0 Å². The Hall–Kier alpha value is -2.11. The number of ether oxygens (including phenoxy) is 1. The van der Waals surface area contributed by atoms with Crippen molar-refractivity contribution in [2.24, 2.45) is 0 Å². The zero-order valence-corrected chi connectivity index (χ0v) is 16.6. The summed E-state index contributed by atoms with van der Waals surface area (Å²) in [5, 5.41) is 2.34. The van der Waals surface area contributed by atoms with Crippen molar-refractivity contribution in [2.75, 3.05) is 46.9 Å². The molecule has 2 fully saturated rings. The Morgan fingerprint density at radius 2 is 1.74 bits per heavy atom. The highest BCUT2D eigenvalue weighted by molar-refractivity contribution is 5.91. The Morgan fingerprint density at radius 3 is 2.37 bits per heavy atom. The number of carbonyl (C=O) groups excluding carboxylic acids is 1. The van der Waals surface area contributed by atoms with Crippen LogP contribution in [0.3, 0.4) is 0 Å². The molecular formula is C22H29N3O2. The number of fused-ring (bicyclic) bond motifs is 1. The Labute approximate surface area is 161 Å². The second-order valence-electron chi connectivity index (χ2n) is 8.01. The molecule has 0 saturated carbocycles. The van der Waals surface area contributed by atoms with Gasteiger partial charge in [-0.25, -0.2) is 0 Å². The van der Waals surface area contributed by atoms with E-state index in [1.165, 1.54) is 10.9 Å². The SMILES string of the molecule is COc1ccc(CN2CCC2(C)C(=O)N2CCN(C)CC2)c2ccccc12. The maximum Gasteiger partial charge on any atom is 0.242 e. The number of likely N-dealkylation sites (tertiary alicyclic amines) is 1. The predicted octanol–water partition coefficient (Wildman–Crippen LogP) is 2.59. The minimum absolute atomic E-state index is 0.291. The molecule has 0 aliphatic carbocycles. The second kappa shape index (κ2) is 7.13. The van der Waals surface area contributed by atoms with E-state index < -0.39 is 0 Å². The van der Waals surface area contributed by atoms with Crippen LogP contribution in [0.25, 0.3) is 10.8 Å². The minimum atomic E-state index is -0.378. The summed E-state index contributed by atoms with van der Waals surface area (Å²) in [4.78, 5) is 19.9. The number of likely N-dealkylation sites (N-methyl/N-ethyl adjacent to an activating group) is 1. The van der Waals surface area contributed by atoms with E-state index in [1.54, 1.807) is 7.11 Å². The van der Waals surface area contributed by atoms with E-state index in [0.717, 1.165) is 56.8 Å². The summed E-state index contributed by atoms with van der Waals surface area (Å²) in [6.45, 7) is 7.48. The van der Waals surface area contributed by atoms with Gasteiger partial charge in [0, 0.05) is 44.7 Å². The number of piperazine rings is 1. The van der Waals surface area contributed by atoms with E-state index in [1.807, 2.05) is 12.1 Å². The van der Waals surface area contributed by atoms with Crippen LogP contribution in [0.15, 0.2) is 36.4 Å². The topological polar surface area (TPSA) is 36.0 Å². The number of rotatable bonds is 4. The molecule has 144 valence electrons. The molecular weight excluding hydrogens is 338 g/mol. The molecule has 2 aliphatic rings. The highest BCUT2D eigenvalue weighted by atomic mass is 16.5. The molecule has 1 amide bonds. The van der Waals surface area contributed by atoms with Gasteiger partial charge in [0.2, 0.25) is 5.91 Å². The van der Waals surface area contributed by atoms with Crippen molar-refractivity contribution in [2.45, 2.75) is 25.4 Å². The third-order valence-corrected chi connectivity index (χ3v) is 6.37. The third-order valence-electron chi connectivity index (χ3n) is 6.37. The summed E-state index contributed by atoms with van der Waals surface area (Å²) in [6, 6.07) is 12.5. The maximum atomic E-state index is 13.2. The Kier molecular flexibility index (Phi) is 4.82. The fraction of sp³-hybridized carbons (Fsp3) is 0.500. The number of methoxy groups -OCH3 is 1. The van der Waals surface area contributed by atoms with E-state index in [9.17, 15) is 4.79 Å². The Morgan fingerprint density at radius 1 is 1.04 bits per heavy atom. The highest BCUT2D eigenvalue weighted by Crippen LogP contribution is 2.36. The normalized spacial score (nSPS) is 24.0. The molecule has 5 heteroatoms. The van der Waals surface area contributed by atoms with Crippen LogP contribution in [0, 0.1) is 0 Å². The molecule has 5 nitrogen and oxygen atoms in total. The van der Waals surface area contributed by atoms with Gasteiger partial charge in [-0.2, -0.15) is 0 Å². The molecule has 2 saturated heterocycles. The first-order chi connectivity index (χ1) is 13.0. The van der Waals surface area contributed by atoms with Gasteiger partial charge >= 0.3 is 0 Å². The van der Waals surface area contributed by atoms with Crippen LogP contribution in [0.1, 0.15) is 18.9 Å². The predicted molar refractivity (Wildman–Crippen MR) is 108 cm³/mol. The van der Waals surface area contributed by atoms with E-state index in [0.29, 0.717) is 5.91 Å². The van der Waals surface area contributed by atoms with Crippen LogP contribution < -0.4 is 4.74 Å². The van der Waals surface area contributed by atoms with Crippen LogP contribution in [0.2, 0.25) is 0 Å². The number of hydrogen-bond donors (Lipinski definition) is 0. The summed E-state index contributed by atoms with van der Waals surface area (Å²) in [7, 11) is 3.83. The molecule has 0 N–H and O–H groups in total. The second-order valence-corrected chi connectivity index (χ2v) is 8.01. The van der Waals surface area contributed by atoms with Crippen LogP contribution >= 0.6 is 0 Å². The summed E-state index contributed by atoms with van der Waals surface area (Å²) in [5.41, 5.74) is 0.875. The molecule has 0 aromatic heterocycles. The first-order valence-corrected chi connectivity index (χ1v) is 9.80. The summed E-state index contributed by atoms with van der Waals surface area (Å²) < 4.78 is 5.52. The number of hydrogen-bond acceptors (Lipinski definition) is 4. The molecule has 1 atom stereocenters. The van der Waals surface area contributed by atoms with Crippen LogP contribution in [0.5, 0.6) is 5.75 Å². The quantitative estimate of drug-likeness (QED) is 0.832. The van der Waals surface area contributed by atoms with Crippen LogP contribution in [0.4, 0.5) is 0 Å². The van der Waals surface area contributed by atoms with E-state index in [-0.39, 0.29) is 5.54 Å². The smallest absolute Gasteiger partial charge is 0.242 e. The zero-order valence-electron chi connectivity index (χ0n) is 16.6. The number of benzene rings is 2. The number of amides is 1. The molecule has 2 aromatic carbocycles. The highest BCUT2D eigenvalue weighted by Gasteiger charge is 2.48. The lowest BCUT2D eigenvalue weighted by Gasteiger charge is -2.52. The van der Waals surface area contributed by atoms with Gasteiger partial charge < -0.3 is 14.5 Å². The molecule has 2 aromatic rings. The van der Waals surface area contributed by atoms with Crippen molar-refractivity contribution in [3.05, 3.63) is 42.0 Å². The molecule has 2 heterocycles. The lowest BCUT2D eigenvalue weighted by molar-refractivity contribution is -0.155. The lowest BCUT2D eigenvalue weighted by Crippen LogP contribution is -2.67. The van der Waals surface area contributed by atoms with Crippen molar-refractivity contribution < 1.29 is 9.53 Å². The molecule has 27 heavy (non-hydrogen) atoms. The zero-order chi connectivity index (χ0) is 19.0. The molecule has 0 bridgehead atoms. The van der Waals surface area contributed by atoms with Crippen molar-refractivity contribution >= 4 is 16.7 Å². The van der Waals surface area contributed by atoms with Crippen molar-refractivity contribution in [3.63, 3.8) is 0 Å². The molecule has 1 unspecified atom stereocenters. The maximum absolute atomic E-state index is 13.2. The summed E-state index contributed by atoms with van der Waals surface area (Å²) in [5.74, 6) is 1.19. The van der Waals surface area contributed by atoms with Crippen molar-refractivity contribution in [3.8, 4) is 5.75 Å². The summed E-state index contributed by atoms with van der Waals surface area (Å²) in [6.07, 6.45) is 0.937. The van der Waals surface area contributed by atoms with E-state index in [2.05, 4.69) is 52.9 Å². The van der Waals surface area contributed by atoms with Crippen LogP contribution in [-0.4, -0.2) is 73.0 Å². The average molecular weight is 367 g/mol. The van der Waals surface area contributed by atoms with Gasteiger partial charge in [0.15, 0.2) is 0 Å². The third kappa shape index (κ3) is 3.19. The van der Waals surface area contributed by atoms with Gasteiger partial charge in [0.25, 0.3) is 0 Å². The average Bonchev–Trinajstić information content (AvgIpc) is 2.70. The Balaban J connectivity index is 1.55. The van der Waals surface area contributed by atoms with Crippen LogP contribution in [-0.2, 0) is 11.3 Å². The molecule has 2 aliphatic heterocycles. The van der Waals surface area contributed by atoms with Gasteiger partial charge in [0.1, 0.15) is 5.75 Å². The van der Waals surface area contributed by atoms with E-state index >= 15 is 0 Å². The van der Waals surface area contributed by atoms with Gasteiger partial charge in [-0.3, -0.25) is 9.69 Å². The lowest BCUT2D eigenvalue weighted by atomic mass is 9.84. The van der Waals surface area contributed by atoms with Gasteiger partial charge in [-0.1, -0.05) is 30.3 Å².